The van der Waals surface area contributed by atoms with Gasteiger partial charge in [0, 0.05) is 29.3 Å². The van der Waals surface area contributed by atoms with Crippen LogP contribution in [-0.4, -0.2) is 24.0 Å². The largest absolute Gasteiger partial charge is 0.350 e. The molecule has 1 aliphatic carbocycles. The predicted molar refractivity (Wildman–Crippen MR) is 115 cm³/mol. The molecule has 3 nitrogen and oxygen atoms in total. The molecule has 0 saturated heterocycles. The minimum Gasteiger partial charge on any atom is -0.350 e. The summed E-state index contributed by atoms with van der Waals surface area (Å²) in [7, 11) is 0. The van der Waals surface area contributed by atoms with Gasteiger partial charge in [0.2, 0.25) is 0 Å². The first-order chi connectivity index (χ1) is 14.0. The van der Waals surface area contributed by atoms with Crippen molar-refractivity contribution in [3.05, 3.63) is 71.0 Å². The van der Waals surface area contributed by atoms with E-state index in [1.165, 1.54) is 25.3 Å². The Labute approximate surface area is 173 Å². The number of carbonyl (C=O) groups is 1. The Morgan fingerprint density at radius 2 is 1.72 bits per heavy atom. The zero-order valence-electron chi connectivity index (χ0n) is 17.2. The molecule has 1 aliphatic rings. The third-order valence-corrected chi connectivity index (χ3v) is 5.36. The zero-order valence-corrected chi connectivity index (χ0v) is 17.2. The van der Waals surface area contributed by atoms with Gasteiger partial charge in [0.25, 0.3) is 5.91 Å². The fourth-order valence-corrected chi connectivity index (χ4v) is 3.97. The highest BCUT2D eigenvalue weighted by Gasteiger charge is 2.32. The first kappa shape index (κ1) is 21.1. The second-order valence-electron chi connectivity index (χ2n) is 8.13. The van der Waals surface area contributed by atoms with Crippen LogP contribution < -0.4 is 10.6 Å². The number of hydrogen-bond donors (Lipinski definition) is 2. The quantitative estimate of drug-likeness (QED) is 0.727. The Kier molecular flexibility index (Phi) is 7.06. The molecule has 3 rings (SSSR count). The lowest BCUT2D eigenvalue weighted by molar-refractivity contribution is 0.0925. The molecule has 1 saturated carbocycles. The lowest BCUT2D eigenvalue weighted by Crippen LogP contribution is -2.56. The standard InChI is InChI=1S/C25H29FN2O/c1-19(2)28-25(16-6-3-7-17-25)18-27-24(29)22-14-11-20(12-15-22)10-13-21-8-4-5-9-23(21)26/h4-5,8-9,11-12,14-15,19,28H,3,6-7,16-18H2,1-2H3,(H,27,29). The lowest BCUT2D eigenvalue weighted by Gasteiger charge is -2.40. The molecule has 152 valence electrons. The number of nitrogens with one attached hydrogen (secondary N) is 2. The maximum Gasteiger partial charge on any atom is 0.251 e. The van der Waals surface area contributed by atoms with Crippen LogP contribution in [0, 0.1) is 17.7 Å². The highest BCUT2D eigenvalue weighted by Crippen LogP contribution is 2.28. The molecule has 0 radical (unpaired) electrons. The molecular formula is C25H29FN2O. The smallest absolute Gasteiger partial charge is 0.251 e. The molecule has 0 aliphatic heterocycles. The molecule has 0 spiro atoms. The number of carbonyl (C=O) groups excluding carboxylic acids is 1. The minimum absolute atomic E-state index is 0.00670. The van der Waals surface area contributed by atoms with E-state index in [0.717, 1.165) is 18.4 Å². The summed E-state index contributed by atoms with van der Waals surface area (Å²) in [6.07, 6.45) is 5.85. The predicted octanol–water partition coefficient (Wildman–Crippen LogP) is 4.66. The summed E-state index contributed by atoms with van der Waals surface area (Å²) in [5.74, 6) is 5.38. The number of rotatable bonds is 5. The first-order valence-corrected chi connectivity index (χ1v) is 10.4. The van der Waals surface area contributed by atoms with Crippen LogP contribution in [0.4, 0.5) is 4.39 Å². The van der Waals surface area contributed by atoms with E-state index in [1.54, 1.807) is 42.5 Å². The van der Waals surface area contributed by atoms with Crippen molar-refractivity contribution in [2.24, 2.45) is 0 Å². The van der Waals surface area contributed by atoms with Crippen LogP contribution in [0.25, 0.3) is 0 Å². The van der Waals surface area contributed by atoms with E-state index in [9.17, 15) is 9.18 Å². The second kappa shape index (κ2) is 9.71. The fraction of sp³-hybridized carbons (Fsp3) is 0.400. The average molecular weight is 393 g/mol. The van der Waals surface area contributed by atoms with Crippen molar-refractivity contribution >= 4 is 5.91 Å². The van der Waals surface area contributed by atoms with Crippen molar-refractivity contribution < 1.29 is 9.18 Å². The van der Waals surface area contributed by atoms with E-state index < -0.39 is 0 Å². The Balaban J connectivity index is 1.62. The van der Waals surface area contributed by atoms with Crippen LogP contribution >= 0.6 is 0 Å². The summed E-state index contributed by atoms with van der Waals surface area (Å²) < 4.78 is 13.7. The summed E-state index contributed by atoms with van der Waals surface area (Å²) in [5, 5.41) is 6.80. The topological polar surface area (TPSA) is 41.1 Å². The van der Waals surface area contributed by atoms with Gasteiger partial charge in [0.1, 0.15) is 5.82 Å². The monoisotopic (exact) mass is 392 g/mol. The Bertz CT molecular complexity index is 887. The molecule has 0 bridgehead atoms. The van der Waals surface area contributed by atoms with Gasteiger partial charge in [-0.25, -0.2) is 4.39 Å². The van der Waals surface area contributed by atoms with E-state index in [0.29, 0.717) is 23.7 Å². The normalized spacial score (nSPS) is 15.4. The van der Waals surface area contributed by atoms with Crippen molar-refractivity contribution in [2.75, 3.05) is 6.54 Å². The van der Waals surface area contributed by atoms with Gasteiger partial charge in [-0.05, 0) is 49.2 Å². The highest BCUT2D eigenvalue weighted by molar-refractivity contribution is 5.94. The third kappa shape index (κ3) is 5.92. The summed E-state index contributed by atoms with van der Waals surface area (Å²) >= 11 is 0. The van der Waals surface area contributed by atoms with Crippen LogP contribution in [0.3, 0.4) is 0 Å². The Morgan fingerprint density at radius 3 is 2.38 bits per heavy atom. The van der Waals surface area contributed by atoms with Gasteiger partial charge in [-0.2, -0.15) is 0 Å². The van der Waals surface area contributed by atoms with Gasteiger partial charge in [0.05, 0.1) is 5.56 Å². The van der Waals surface area contributed by atoms with Gasteiger partial charge in [-0.15, -0.1) is 0 Å². The molecule has 2 aromatic carbocycles. The van der Waals surface area contributed by atoms with Crippen LogP contribution in [0.5, 0.6) is 0 Å². The summed E-state index contributed by atoms with van der Waals surface area (Å²) in [4.78, 5) is 12.6. The number of hydrogen-bond acceptors (Lipinski definition) is 2. The molecule has 4 heteroatoms. The van der Waals surface area contributed by atoms with Crippen LogP contribution in [0.1, 0.15) is 67.4 Å². The molecule has 0 unspecified atom stereocenters. The van der Waals surface area contributed by atoms with Crippen molar-refractivity contribution in [1.29, 1.82) is 0 Å². The van der Waals surface area contributed by atoms with Crippen molar-refractivity contribution in [2.45, 2.75) is 57.5 Å². The van der Waals surface area contributed by atoms with Gasteiger partial charge < -0.3 is 10.6 Å². The fourth-order valence-electron chi connectivity index (χ4n) is 3.97. The molecule has 0 aromatic heterocycles. The molecule has 0 heterocycles. The van der Waals surface area contributed by atoms with Crippen molar-refractivity contribution in [1.82, 2.24) is 10.6 Å². The Hall–Kier alpha value is -2.64. The summed E-state index contributed by atoms with van der Waals surface area (Å²) in [6.45, 7) is 4.94. The van der Waals surface area contributed by atoms with Gasteiger partial charge in [-0.3, -0.25) is 4.79 Å². The molecule has 2 aromatic rings. The lowest BCUT2D eigenvalue weighted by atomic mass is 9.81. The van der Waals surface area contributed by atoms with Gasteiger partial charge in [-0.1, -0.05) is 57.1 Å². The summed E-state index contributed by atoms with van der Waals surface area (Å²) in [6, 6.07) is 14.0. The zero-order chi connectivity index (χ0) is 20.7. The third-order valence-electron chi connectivity index (χ3n) is 5.36. The van der Waals surface area contributed by atoms with Gasteiger partial charge >= 0.3 is 0 Å². The molecular weight excluding hydrogens is 363 g/mol. The molecule has 29 heavy (non-hydrogen) atoms. The van der Waals surface area contributed by atoms with Crippen molar-refractivity contribution in [3.63, 3.8) is 0 Å². The maximum absolute atomic E-state index is 13.7. The number of halogens is 1. The van der Waals surface area contributed by atoms with E-state index in [-0.39, 0.29) is 17.3 Å². The maximum atomic E-state index is 13.7. The molecule has 1 fully saturated rings. The number of amides is 1. The van der Waals surface area contributed by atoms with Crippen LogP contribution in [0.2, 0.25) is 0 Å². The van der Waals surface area contributed by atoms with Gasteiger partial charge in [0.15, 0.2) is 0 Å². The number of benzene rings is 2. The minimum atomic E-state index is -0.331. The molecule has 1 amide bonds. The van der Waals surface area contributed by atoms with E-state index in [4.69, 9.17) is 0 Å². The van der Waals surface area contributed by atoms with Crippen LogP contribution in [0.15, 0.2) is 48.5 Å². The average Bonchev–Trinajstić information content (AvgIpc) is 2.72. The second-order valence-corrected chi connectivity index (χ2v) is 8.13. The summed E-state index contributed by atoms with van der Waals surface area (Å²) in [5.41, 5.74) is 1.71. The molecule has 2 N–H and O–H groups in total. The van der Waals surface area contributed by atoms with Crippen molar-refractivity contribution in [3.8, 4) is 11.8 Å². The van der Waals surface area contributed by atoms with E-state index in [2.05, 4.69) is 36.3 Å². The van der Waals surface area contributed by atoms with E-state index in [1.807, 2.05) is 0 Å². The SMILES string of the molecule is CC(C)NC1(CNC(=O)c2ccc(C#Cc3ccccc3F)cc2)CCCCC1. The Morgan fingerprint density at radius 1 is 1.03 bits per heavy atom. The van der Waals surface area contributed by atoms with Crippen LogP contribution in [-0.2, 0) is 0 Å². The molecule has 0 atom stereocenters. The first-order valence-electron chi connectivity index (χ1n) is 10.4. The highest BCUT2D eigenvalue weighted by atomic mass is 19.1. The van der Waals surface area contributed by atoms with E-state index >= 15 is 0 Å².